The maximum Gasteiger partial charge on any atom is 0.114 e. The van der Waals surface area contributed by atoms with E-state index in [4.69, 9.17) is 11.6 Å². The van der Waals surface area contributed by atoms with Gasteiger partial charge in [0.15, 0.2) is 0 Å². The zero-order chi connectivity index (χ0) is 14.2. The van der Waals surface area contributed by atoms with Crippen LogP contribution < -0.4 is 0 Å². The molecular weight excluding hydrogens is 391 g/mol. The number of aliphatic hydroxyl groups is 1. The van der Waals surface area contributed by atoms with Crippen molar-refractivity contribution in [1.82, 2.24) is 0 Å². The number of hydrogen-bond acceptors (Lipinski definition) is 2. The average Bonchev–Trinajstić information content (AvgIpc) is 2.80. The molecule has 0 aliphatic carbocycles. The zero-order valence-electron chi connectivity index (χ0n) is 11.1. The molecule has 0 radical (unpaired) electrons. The van der Waals surface area contributed by atoms with Gasteiger partial charge in [-0.2, -0.15) is 0 Å². The summed E-state index contributed by atoms with van der Waals surface area (Å²) in [7, 11) is 0. The van der Waals surface area contributed by atoms with Crippen LogP contribution in [0.2, 0.25) is 5.02 Å². The Kier molecular flexibility index (Phi) is 4.60. The van der Waals surface area contributed by atoms with Gasteiger partial charge in [-0.1, -0.05) is 32.4 Å². The first-order chi connectivity index (χ1) is 8.79. The summed E-state index contributed by atoms with van der Waals surface area (Å²) in [5, 5.41) is 11.2. The Labute approximate surface area is 136 Å². The van der Waals surface area contributed by atoms with Crippen molar-refractivity contribution in [2.75, 3.05) is 0 Å². The van der Waals surface area contributed by atoms with Gasteiger partial charge in [-0.05, 0) is 58.3 Å². The molecule has 1 N–H and O–H groups in total. The van der Waals surface area contributed by atoms with Crippen LogP contribution >= 0.6 is 45.5 Å². The van der Waals surface area contributed by atoms with Crippen molar-refractivity contribution in [3.05, 3.63) is 54.2 Å². The van der Waals surface area contributed by atoms with E-state index in [2.05, 4.69) is 49.4 Å². The van der Waals surface area contributed by atoms with Gasteiger partial charge in [-0.15, -0.1) is 11.3 Å². The summed E-state index contributed by atoms with van der Waals surface area (Å²) in [4.78, 5) is 2.24. The van der Waals surface area contributed by atoms with E-state index in [1.165, 1.54) is 4.88 Å². The molecule has 1 nitrogen and oxygen atoms in total. The summed E-state index contributed by atoms with van der Waals surface area (Å²) in [5.41, 5.74) is 0.986. The third-order valence-electron chi connectivity index (χ3n) is 2.89. The number of benzene rings is 1. The SMILES string of the molecule is CC(C)(C)c1ccc(C(O)c2cc(Cl)ccc2I)s1. The quantitative estimate of drug-likeness (QED) is 0.663. The van der Waals surface area contributed by atoms with E-state index in [-0.39, 0.29) is 5.41 Å². The van der Waals surface area contributed by atoms with Crippen LogP contribution in [-0.4, -0.2) is 5.11 Å². The van der Waals surface area contributed by atoms with E-state index in [1.807, 2.05) is 24.3 Å². The summed E-state index contributed by atoms with van der Waals surface area (Å²) < 4.78 is 1.03. The largest absolute Gasteiger partial charge is 0.383 e. The normalized spacial score (nSPS) is 13.6. The third-order valence-corrected chi connectivity index (χ3v) is 5.67. The van der Waals surface area contributed by atoms with Crippen LogP contribution in [0.25, 0.3) is 0 Å². The van der Waals surface area contributed by atoms with Crippen molar-refractivity contribution in [1.29, 1.82) is 0 Å². The van der Waals surface area contributed by atoms with Crippen LogP contribution in [0.4, 0.5) is 0 Å². The molecule has 1 atom stereocenters. The minimum atomic E-state index is -0.605. The van der Waals surface area contributed by atoms with E-state index in [1.54, 1.807) is 11.3 Å². The van der Waals surface area contributed by atoms with Crippen molar-refractivity contribution in [3.63, 3.8) is 0 Å². The van der Waals surface area contributed by atoms with Crippen LogP contribution in [0.1, 0.15) is 42.2 Å². The van der Waals surface area contributed by atoms with Gasteiger partial charge in [0, 0.05) is 23.9 Å². The second kappa shape index (κ2) is 5.72. The highest BCUT2D eigenvalue weighted by Crippen LogP contribution is 2.36. The fourth-order valence-electron chi connectivity index (χ4n) is 1.78. The standard InChI is InChI=1S/C15H16ClIOS/c1-15(2,3)13-7-6-12(19-13)14(18)10-8-9(16)4-5-11(10)17/h4-8,14,18H,1-3H3. The monoisotopic (exact) mass is 406 g/mol. The molecule has 19 heavy (non-hydrogen) atoms. The lowest BCUT2D eigenvalue weighted by molar-refractivity contribution is 0.223. The van der Waals surface area contributed by atoms with E-state index in [9.17, 15) is 5.11 Å². The van der Waals surface area contributed by atoms with Crippen LogP contribution in [0, 0.1) is 3.57 Å². The predicted molar refractivity (Wildman–Crippen MR) is 91.2 cm³/mol. The molecule has 0 aliphatic heterocycles. The van der Waals surface area contributed by atoms with Crippen LogP contribution in [-0.2, 0) is 5.41 Å². The minimum Gasteiger partial charge on any atom is -0.383 e. The van der Waals surface area contributed by atoms with Gasteiger partial charge in [0.2, 0.25) is 0 Å². The molecule has 2 aromatic rings. The van der Waals surface area contributed by atoms with Crippen molar-refractivity contribution < 1.29 is 5.11 Å². The van der Waals surface area contributed by atoms with Gasteiger partial charge in [-0.3, -0.25) is 0 Å². The van der Waals surface area contributed by atoms with E-state index in [0.29, 0.717) is 5.02 Å². The Morgan fingerprint density at radius 1 is 1.21 bits per heavy atom. The van der Waals surface area contributed by atoms with Crippen LogP contribution in [0.5, 0.6) is 0 Å². The molecule has 0 aliphatic rings. The number of halogens is 2. The van der Waals surface area contributed by atoms with Crippen molar-refractivity contribution in [3.8, 4) is 0 Å². The molecule has 4 heteroatoms. The minimum absolute atomic E-state index is 0.115. The van der Waals surface area contributed by atoms with E-state index in [0.717, 1.165) is 14.0 Å². The molecule has 0 fully saturated rings. The maximum atomic E-state index is 10.5. The predicted octanol–water partition coefficient (Wildman–Crippen LogP) is 5.39. The maximum absolute atomic E-state index is 10.5. The van der Waals surface area contributed by atoms with E-state index >= 15 is 0 Å². The van der Waals surface area contributed by atoms with Gasteiger partial charge >= 0.3 is 0 Å². The second-order valence-electron chi connectivity index (χ2n) is 5.52. The van der Waals surface area contributed by atoms with Gasteiger partial charge in [0.1, 0.15) is 6.10 Å². The molecular formula is C15H16ClIOS. The molecule has 102 valence electrons. The first-order valence-electron chi connectivity index (χ1n) is 6.02. The summed E-state index contributed by atoms with van der Waals surface area (Å²) >= 11 is 9.90. The van der Waals surface area contributed by atoms with Crippen molar-refractivity contribution in [2.24, 2.45) is 0 Å². The molecule has 0 saturated heterocycles. The Bertz CT molecular complexity index is 586. The average molecular weight is 407 g/mol. The first kappa shape index (κ1) is 15.3. The third kappa shape index (κ3) is 3.51. The first-order valence-corrected chi connectivity index (χ1v) is 8.29. The van der Waals surface area contributed by atoms with Gasteiger partial charge in [0.05, 0.1) is 0 Å². The molecule has 1 aromatic heterocycles. The second-order valence-corrected chi connectivity index (χ2v) is 8.23. The molecule has 0 amide bonds. The fraction of sp³-hybridized carbons (Fsp3) is 0.333. The Hall–Kier alpha value is -0.100. The molecule has 1 heterocycles. The van der Waals surface area contributed by atoms with Crippen molar-refractivity contribution >= 4 is 45.5 Å². The van der Waals surface area contributed by atoms with Crippen LogP contribution in [0.15, 0.2) is 30.3 Å². The molecule has 0 saturated carbocycles. The molecule has 0 spiro atoms. The molecule has 1 unspecified atom stereocenters. The number of rotatable bonds is 2. The Morgan fingerprint density at radius 3 is 2.47 bits per heavy atom. The van der Waals surface area contributed by atoms with Gasteiger partial charge in [-0.25, -0.2) is 0 Å². The Morgan fingerprint density at radius 2 is 1.89 bits per heavy atom. The summed E-state index contributed by atoms with van der Waals surface area (Å²) in [6, 6.07) is 9.71. The smallest absolute Gasteiger partial charge is 0.114 e. The van der Waals surface area contributed by atoms with Crippen molar-refractivity contribution in [2.45, 2.75) is 32.3 Å². The van der Waals surface area contributed by atoms with E-state index < -0.39 is 6.10 Å². The number of aliphatic hydroxyl groups excluding tert-OH is 1. The number of thiophene rings is 1. The lowest BCUT2D eigenvalue weighted by atomic mass is 9.95. The van der Waals surface area contributed by atoms with Gasteiger partial charge in [0.25, 0.3) is 0 Å². The zero-order valence-corrected chi connectivity index (χ0v) is 14.8. The molecule has 0 bridgehead atoms. The Balaban J connectivity index is 2.36. The highest BCUT2D eigenvalue weighted by molar-refractivity contribution is 14.1. The topological polar surface area (TPSA) is 20.2 Å². The number of hydrogen-bond donors (Lipinski definition) is 1. The lowest BCUT2D eigenvalue weighted by Crippen LogP contribution is -2.07. The van der Waals surface area contributed by atoms with Crippen LogP contribution in [0.3, 0.4) is 0 Å². The highest BCUT2D eigenvalue weighted by Gasteiger charge is 2.20. The van der Waals surface area contributed by atoms with Gasteiger partial charge < -0.3 is 5.11 Å². The molecule has 2 rings (SSSR count). The molecule has 1 aromatic carbocycles. The lowest BCUT2D eigenvalue weighted by Gasteiger charge is -2.16. The highest BCUT2D eigenvalue weighted by atomic mass is 127. The fourth-order valence-corrected chi connectivity index (χ4v) is 3.66. The summed E-state index contributed by atoms with van der Waals surface area (Å²) in [6.07, 6.45) is -0.605. The summed E-state index contributed by atoms with van der Waals surface area (Å²) in [6.45, 7) is 6.54. The summed E-state index contributed by atoms with van der Waals surface area (Å²) in [5.74, 6) is 0.